The van der Waals surface area contributed by atoms with Crippen molar-refractivity contribution < 1.29 is 30.7 Å². The van der Waals surface area contributed by atoms with E-state index < -0.39 is 50.0 Å². The van der Waals surface area contributed by atoms with Crippen LogP contribution in [-0.4, -0.2) is 84.8 Å². The molecule has 5 atom stereocenters. The van der Waals surface area contributed by atoms with Gasteiger partial charge in [-0.1, -0.05) is 0 Å². The summed E-state index contributed by atoms with van der Waals surface area (Å²) in [5, 5.41) is 1.95. The fourth-order valence-electron chi connectivity index (χ4n) is 7.95. The van der Waals surface area contributed by atoms with Crippen molar-refractivity contribution in [1.29, 1.82) is 0 Å². The Morgan fingerprint density at radius 1 is 1.16 bits per heavy atom. The van der Waals surface area contributed by atoms with Crippen LogP contribution < -0.4 is 20.7 Å². The third-order valence-electron chi connectivity index (χ3n) is 9.81. The molecule has 0 amide bonds. The van der Waals surface area contributed by atoms with Crippen LogP contribution in [0.2, 0.25) is 0 Å². The Kier molecular flexibility index (Phi) is 6.82. The molecule has 0 spiro atoms. The molecule has 0 saturated carbocycles. The number of hydrogen-bond donors (Lipinski definition) is 2. The van der Waals surface area contributed by atoms with Crippen molar-refractivity contribution in [3.05, 3.63) is 34.1 Å². The Bertz CT molecular complexity index is 1550. The Hall–Kier alpha value is -2.78. The van der Waals surface area contributed by atoms with E-state index in [-0.39, 0.29) is 42.5 Å². The SMILES string of the molecule is Cc1cc(N)nc([C@H]2Cc3nc(OC[C@@]45CCCN4C[C@H](F)C5)nc(N4C[C@H]5CC[C@@H](C4)N5)c3CS2(=O)=O)c1C(F)(F)F. The van der Waals surface area contributed by atoms with Gasteiger partial charge in [-0.3, -0.25) is 4.90 Å². The predicted molar refractivity (Wildman–Crippen MR) is 150 cm³/mol. The third-order valence-corrected chi connectivity index (χ3v) is 11.8. The molecule has 5 aliphatic rings. The average Bonchev–Trinajstić information content (AvgIpc) is 3.55. The van der Waals surface area contributed by atoms with Crippen LogP contribution in [0.1, 0.15) is 65.4 Å². The van der Waals surface area contributed by atoms with Gasteiger partial charge >= 0.3 is 12.2 Å². The number of nitrogens with one attached hydrogen (secondary N) is 1. The lowest BCUT2D eigenvalue weighted by Gasteiger charge is -2.37. The van der Waals surface area contributed by atoms with Crippen LogP contribution >= 0.6 is 0 Å². The van der Waals surface area contributed by atoms with E-state index >= 15 is 0 Å². The number of rotatable bonds is 5. The second kappa shape index (κ2) is 10.1. The number of nitrogen functional groups attached to an aromatic ring is 1. The number of sulfone groups is 1. The molecule has 2 aromatic heterocycles. The maximum absolute atomic E-state index is 14.4. The van der Waals surface area contributed by atoms with Gasteiger partial charge in [0.1, 0.15) is 29.7 Å². The van der Waals surface area contributed by atoms with E-state index in [1.54, 1.807) is 0 Å². The van der Waals surface area contributed by atoms with Gasteiger partial charge in [0.05, 0.1) is 28.2 Å². The molecule has 0 aromatic carbocycles. The van der Waals surface area contributed by atoms with Crippen LogP contribution in [-0.2, 0) is 28.2 Å². The first-order valence-electron chi connectivity index (χ1n) is 14.8. The summed E-state index contributed by atoms with van der Waals surface area (Å²) in [5.41, 5.74) is 4.17. The third kappa shape index (κ3) is 5.10. The number of fused-ring (bicyclic) bond motifs is 4. The number of anilines is 2. The Balaban J connectivity index is 1.29. The van der Waals surface area contributed by atoms with Crippen molar-refractivity contribution in [2.75, 3.05) is 43.4 Å². The highest BCUT2D eigenvalue weighted by atomic mass is 32.2. The summed E-state index contributed by atoms with van der Waals surface area (Å²) in [6.07, 6.45) is -2.05. The first-order chi connectivity index (χ1) is 20.3. The van der Waals surface area contributed by atoms with Gasteiger partial charge in [-0.25, -0.2) is 17.8 Å². The van der Waals surface area contributed by atoms with Crippen LogP contribution in [0, 0.1) is 6.92 Å². The molecule has 7 rings (SSSR count). The quantitative estimate of drug-likeness (QED) is 0.479. The van der Waals surface area contributed by atoms with Gasteiger partial charge in [-0.05, 0) is 50.8 Å². The fraction of sp³-hybridized carbons (Fsp3) is 0.679. The molecular weight excluding hydrogens is 590 g/mol. The van der Waals surface area contributed by atoms with E-state index in [1.165, 1.54) is 6.92 Å². The van der Waals surface area contributed by atoms with Crippen LogP contribution in [0.15, 0.2) is 6.07 Å². The minimum Gasteiger partial charge on any atom is -0.461 e. The van der Waals surface area contributed by atoms with Crippen molar-refractivity contribution in [3.8, 4) is 6.01 Å². The number of piperazine rings is 1. The molecule has 4 saturated heterocycles. The molecular formula is C28H35F4N7O3S. The minimum absolute atomic E-state index is 0.0222. The summed E-state index contributed by atoms with van der Waals surface area (Å²) < 4.78 is 90.7. The number of hydrogen-bond acceptors (Lipinski definition) is 10. The lowest BCUT2D eigenvalue weighted by Crippen LogP contribution is -2.52. The first-order valence-corrected chi connectivity index (χ1v) is 16.5. The number of ether oxygens (including phenoxy) is 1. The molecule has 43 heavy (non-hydrogen) atoms. The van der Waals surface area contributed by atoms with E-state index in [0.717, 1.165) is 38.3 Å². The van der Waals surface area contributed by atoms with Gasteiger partial charge in [0.2, 0.25) is 0 Å². The maximum Gasteiger partial charge on any atom is 0.418 e. The maximum atomic E-state index is 14.4. The Labute approximate surface area is 247 Å². The van der Waals surface area contributed by atoms with E-state index in [0.29, 0.717) is 43.1 Å². The number of nitrogens with two attached hydrogens (primary N) is 1. The zero-order valence-corrected chi connectivity index (χ0v) is 24.6. The standard InChI is InChI=1S/C28H35F4N7O3S/c1-15-7-22(33)36-24(23(15)28(30,31)32)21-8-20-19(13-43(21,40)41)25(38-11-17-3-4-18(12-38)34-17)37-26(35-20)42-14-27-5-2-6-39(27)10-16(29)9-27/h7,16-18,21,34H,2-6,8-14H2,1H3,(H2,33,36)/t16-,17-,18+,21-,27+/m1/s1. The van der Waals surface area contributed by atoms with E-state index in [1.807, 2.05) is 4.90 Å². The van der Waals surface area contributed by atoms with Crippen LogP contribution in [0.3, 0.4) is 0 Å². The molecule has 2 bridgehead atoms. The monoisotopic (exact) mass is 625 g/mol. The molecule has 0 radical (unpaired) electrons. The largest absolute Gasteiger partial charge is 0.461 e. The van der Waals surface area contributed by atoms with Crippen molar-refractivity contribution in [1.82, 2.24) is 25.2 Å². The lowest BCUT2D eigenvalue weighted by atomic mass is 9.95. The summed E-state index contributed by atoms with van der Waals surface area (Å²) in [6.45, 7) is 3.79. The highest BCUT2D eigenvalue weighted by Crippen LogP contribution is 2.45. The van der Waals surface area contributed by atoms with Crippen molar-refractivity contribution in [3.63, 3.8) is 0 Å². The zero-order chi connectivity index (χ0) is 30.3. The van der Waals surface area contributed by atoms with E-state index in [2.05, 4.69) is 20.2 Å². The normalized spacial score (nSPS) is 31.7. The average molecular weight is 626 g/mol. The molecule has 0 unspecified atom stereocenters. The summed E-state index contributed by atoms with van der Waals surface area (Å²) in [6, 6.07) is 1.56. The van der Waals surface area contributed by atoms with Gasteiger partial charge in [0, 0.05) is 50.1 Å². The number of nitrogens with zero attached hydrogens (tertiary/aromatic N) is 5. The molecule has 4 fully saturated rings. The predicted octanol–water partition coefficient (Wildman–Crippen LogP) is 2.89. The van der Waals surface area contributed by atoms with Crippen molar-refractivity contribution >= 4 is 21.5 Å². The number of aryl methyl sites for hydroxylation is 1. The molecule has 2 aromatic rings. The van der Waals surface area contributed by atoms with Gasteiger partial charge in [0.25, 0.3) is 0 Å². The van der Waals surface area contributed by atoms with Crippen LogP contribution in [0.5, 0.6) is 6.01 Å². The van der Waals surface area contributed by atoms with Gasteiger partial charge in [-0.15, -0.1) is 0 Å². The van der Waals surface area contributed by atoms with Crippen LogP contribution in [0.4, 0.5) is 29.2 Å². The number of pyridine rings is 1. The molecule has 10 nitrogen and oxygen atoms in total. The topological polar surface area (TPSA) is 127 Å². The molecule has 7 heterocycles. The fourth-order valence-corrected chi connectivity index (χ4v) is 9.77. The first kappa shape index (κ1) is 29.0. The number of alkyl halides is 4. The minimum atomic E-state index is -4.83. The van der Waals surface area contributed by atoms with Crippen LogP contribution in [0.25, 0.3) is 0 Å². The smallest absolute Gasteiger partial charge is 0.418 e. The van der Waals surface area contributed by atoms with Gasteiger partial charge in [-0.2, -0.15) is 23.1 Å². The zero-order valence-electron chi connectivity index (χ0n) is 23.8. The molecule has 234 valence electrons. The van der Waals surface area contributed by atoms with Crippen molar-refractivity contribution in [2.45, 2.75) is 86.4 Å². The molecule has 3 N–H and O–H groups in total. The Morgan fingerprint density at radius 2 is 1.91 bits per heavy atom. The van der Waals surface area contributed by atoms with Gasteiger partial charge < -0.3 is 20.7 Å². The summed E-state index contributed by atoms with van der Waals surface area (Å²) in [5.74, 6) is -0.285. The van der Waals surface area contributed by atoms with Gasteiger partial charge in [0.15, 0.2) is 9.84 Å². The summed E-state index contributed by atoms with van der Waals surface area (Å²) in [4.78, 5) is 17.4. The summed E-state index contributed by atoms with van der Waals surface area (Å²) in [7, 11) is -4.17. The Morgan fingerprint density at radius 3 is 2.63 bits per heavy atom. The number of halogens is 4. The van der Waals surface area contributed by atoms with Crippen molar-refractivity contribution in [2.24, 2.45) is 0 Å². The van der Waals surface area contributed by atoms with E-state index in [9.17, 15) is 26.0 Å². The second-order valence-electron chi connectivity index (χ2n) is 12.8. The molecule has 5 aliphatic heterocycles. The number of aromatic nitrogens is 3. The lowest BCUT2D eigenvalue weighted by molar-refractivity contribution is -0.139. The summed E-state index contributed by atoms with van der Waals surface area (Å²) >= 11 is 0. The highest BCUT2D eigenvalue weighted by Gasteiger charge is 2.50. The second-order valence-corrected chi connectivity index (χ2v) is 15.0. The van der Waals surface area contributed by atoms with E-state index in [4.69, 9.17) is 15.5 Å². The molecule has 0 aliphatic carbocycles. The molecule has 15 heteroatoms. The highest BCUT2D eigenvalue weighted by molar-refractivity contribution is 7.91.